The quantitative estimate of drug-likeness (QED) is 0.517. The summed E-state index contributed by atoms with van der Waals surface area (Å²) in [6, 6.07) is 5.07. The summed E-state index contributed by atoms with van der Waals surface area (Å²) in [4.78, 5) is 11.8. The van der Waals surface area contributed by atoms with E-state index < -0.39 is 12.1 Å². The van der Waals surface area contributed by atoms with Crippen molar-refractivity contribution in [3.05, 3.63) is 28.2 Å². The van der Waals surface area contributed by atoms with Gasteiger partial charge in [-0.3, -0.25) is 0 Å². The first-order valence-electron chi connectivity index (χ1n) is 5.95. The van der Waals surface area contributed by atoms with Gasteiger partial charge in [-0.15, -0.1) is 11.8 Å². The SMILES string of the molecule is COCCOCC(O)CSc1ccc(Br)c(C(=O)O)c1. The Morgan fingerprint density at radius 1 is 1.45 bits per heavy atom. The second kappa shape index (κ2) is 9.36. The minimum Gasteiger partial charge on any atom is -0.478 e. The number of carboxylic acids is 1. The molecule has 0 fully saturated rings. The Labute approximate surface area is 130 Å². The lowest BCUT2D eigenvalue weighted by atomic mass is 10.2. The maximum absolute atomic E-state index is 11.0. The zero-order chi connectivity index (χ0) is 15.0. The third kappa shape index (κ3) is 6.23. The molecule has 0 radical (unpaired) electrons. The standard InChI is InChI=1S/C13H17BrO5S/c1-18-4-5-19-7-9(15)8-20-10-2-3-12(14)11(6-10)13(16)17/h2-3,6,9,15H,4-5,7-8H2,1H3,(H,16,17). The van der Waals surface area contributed by atoms with Gasteiger partial charge in [-0.2, -0.15) is 0 Å². The normalized spacial score (nSPS) is 12.3. The van der Waals surface area contributed by atoms with Crippen LogP contribution in [0.5, 0.6) is 0 Å². The summed E-state index contributed by atoms with van der Waals surface area (Å²) in [5.74, 6) is -0.545. The van der Waals surface area contributed by atoms with Crippen molar-refractivity contribution in [3.8, 4) is 0 Å². The zero-order valence-electron chi connectivity index (χ0n) is 11.0. The molecule has 0 aliphatic heterocycles. The van der Waals surface area contributed by atoms with E-state index >= 15 is 0 Å². The van der Waals surface area contributed by atoms with Crippen molar-refractivity contribution in [1.29, 1.82) is 0 Å². The summed E-state index contributed by atoms with van der Waals surface area (Å²) < 4.78 is 10.6. The number of benzene rings is 1. The number of aromatic carboxylic acids is 1. The molecular weight excluding hydrogens is 348 g/mol. The molecule has 0 spiro atoms. The number of hydrogen-bond acceptors (Lipinski definition) is 5. The maximum atomic E-state index is 11.0. The number of methoxy groups -OCH3 is 1. The van der Waals surface area contributed by atoms with Crippen LogP contribution in [0.15, 0.2) is 27.6 Å². The highest BCUT2D eigenvalue weighted by molar-refractivity contribution is 9.10. The van der Waals surface area contributed by atoms with Gasteiger partial charge in [0.15, 0.2) is 0 Å². The van der Waals surface area contributed by atoms with Gasteiger partial charge in [-0.25, -0.2) is 4.79 Å². The van der Waals surface area contributed by atoms with E-state index in [0.29, 0.717) is 23.4 Å². The van der Waals surface area contributed by atoms with Gasteiger partial charge in [0.05, 0.1) is 31.5 Å². The van der Waals surface area contributed by atoms with Crippen LogP contribution in [0.25, 0.3) is 0 Å². The first-order chi connectivity index (χ1) is 9.54. The Bertz CT molecular complexity index is 441. The summed E-state index contributed by atoms with van der Waals surface area (Å²) in [7, 11) is 1.59. The molecule has 0 saturated carbocycles. The van der Waals surface area contributed by atoms with Crippen LogP contribution in [0.4, 0.5) is 0 Å². The molecule has 1 atom stereocenters. The summed E-state index contributed by atoms with van der Waals surface area (Å²) >= 11 is 4.58. The number of carbonyl (C=O) groups is 1. The van der Waals surface area contributed by atoms with Crippen LogP contribution in [0, 0.1) is 0 Å². The largest absolute Gasteiger partial charge is 0.478 e. The topological polar surface area (TPSA) is 76.0 Å². The van der Waals surface area contributed by atoms with E-state index in [1.807, 2.05) is 0 Å². The molecule has 0 bridgehead atoms. The molecular formula is C13H17BrO5S. The molecule has 1 rings (SSSR count). The van der Waals surface area contributed by atoms with Gasteiger partial charge < -0.3 is 19.7 Å². The molecule has 0 saturated heterocycles. The van der Waals surface area contributed by atoms with Crippen molar-refractivity contribution in [2.75, 3.05) is 32.7 Å². The maximum Gasteiger partial charge on any atom is 0.336 e. The summed E-state index contributed by atoms with van der Waals surface area (Å²) in [5, 5.41) is 18.7. The van der Waals surface area contributed by atoms with Crippen LogP contribution in [0.1, 0.15) is 10.4 Å². The van der Waals surface area contributed by atoms with Crippen LogP contribution in [-0.4, -0.2) is 55.0 Å². The van der Waals surface area contributed by atoms with Crippen LogP contribution in [0.3, 0.4) is 0 Å². The lowest BCUT2D eigenvalue weighted by Gasteiger charge is -2.11. The van der Waals surface area contributed by atoms with Crippen molar-refractivity contribution in [3.63, 3.8) is 0 Å². The minimum absolute atomic E-state index is 0.209. The Morgan fingerprint density at radius 2 is 2.20 bits per heavy atom. The van der Waals surface area contributed by atoms with Gasteiger partial charge in [0.1, 0.15) is 0 Å². The summed E-state index contributed by atoms with van der Waals surface area (Å²) in [6.45, 7) is 1.17. The molecule has 5 nitrogen and oxygen atoms in total. The van der Waals surface area contributed by atoms with Crippen molar-refractivity contribution < 1.29 is 24.5 Å². The van der Waals surface area contributed by atoms with E-state index in [9.17, 15) is 9.90 Å². The number of halogens is 1. The predicted molar refractivity (Wildman–Crippen MR) is 80.5 cm³/mol. The van der Waals surface area contributed by atoms with Gasteiger partial charge in [-0.1, -0.05) is 0 Å². The first-order valence-corrected chi connectivity index (χ1v) is 7.73. The number of carboxylic acid groups (broad SMARTS) is 1. The molecule has 2 N–H and O–H groups in total. The number of aliphatic hydroxyl groups is 1. The van der Waals surface area contributed by atoms with Gasteiger partial charge in [-0.05, 0) is 34.1 Å². The monoisotopic (exact) mass is 364 g/mol. The summed E-state index contributed by atoms with van der Waals surface area (Å²) in [5.41, 5.74) is 0.209. The Balaban J connectivity index is 2.41. The highest BCUT2D eigenvalue weighted by Crippen LogP contribution is 2.25. The van der Waals surface area contributed by atoms with E-state index in [2.05, 4.69) is 15.9 Å². The average Bonchev–Trinajstić information content (AvgIpc) is 2.42. The molecule has 20 heavy (non-hydrogen) atoms. The Morgan fingerprint density at radius 3 is 2.85 bits per heavy atom. The molecule has 112 valence electrons. The fourth-order valence-electron chi connectivity index (χ4n) is 1.36. The van der Waals surface area contributed by atoms with Crippen molar-refractivity contribution in [2.24, 2.45) is 0 Å². The molecule has 1 unspecified atom stereocenters. The Kier molecular flexibility index (Phi) is 8.16. The Hall–Kier alpha value is -0.600. The van der Waals surface area contributed by atoms with E-state index in [1.165, 1.54) is 11.8 Å². The zero-order valence-corrected chi connectivity index (χ0v) is 13.4. The van der Waals surface area contributed by atoms with E-state index in [0.717, 1.165) is 4.90 Å². The van der Waals surface area contributed by atoms with E-state index in [1.54, 1.807) is 25.3 Å². The van der Waals surface area contributed by atoms with Crippen molar-refractivity contribution >= 4 is 33.7 Å². The second-order valence-electron chi connectivity index (χ2n) is 3.98. The van der Waals surface area contributed by atoms with Crippen LogP contribution in [-0.2, 0) is 9.47 Å². The number of ether oxygens (including phenoxy) is 2. The van der Waals surface area contributed by atoms with Crippen molar-refractivity contribution in [2.45, 2.75) is 11.0 Å². The third-order valence-corrected chi connectivity index (χ3v) is 4.18. The number of thioether (sulfide) groups is 1. The molecule has 0 amide bonds. The highest BCUT2D eigenvalue weighted by Gasteiger charge is 2.11. The minimum atomic E-state index is -0.984. The molecule has 1 aromatic carbocycles. The lowest BCUT2D eigenvalue weighted by Crippen LogP contribution is -2.19. The second-order valence-corrected chi connectivity index (χ2v) is 5.93. The summed E-state index contributed by atoms with van der Waals surface area (Å²) in [6.07, 6.45) is -0.603. The highest BCUT2D eigenvalue weighted by atomic mass is 79.9. The average molecular weight is 365 g/mol. The number of aliphatic hydroxyl groups excluding tert-OH is 1. The van der Waals surface area contributed by atoms with Gasteiger partial charge in [0.25, 0.3) is 0 Å². The molecule has 1 aromatic rings. The van der Waals surface area contributed by atoms with E-state index in [4.69, 9.17) is 14.6 Å². The first kappa shape index (κ1) is 17.5. The van der Waals surface area contributed by atoms with E-state index in [-0.39, 0.29) is 12.2 Å². The molecule has 0 aliphatic carbocycles. The van der Waals surface area contributed by atoms with Crippen LogP contribution < -0.4 is 0 Å². The van der Waals surface area contributed by atoms with Crippen LogP contribution in [0.2, 0.25) is 0 Å². The third-order valence-electron chi connectivity index (χ3n) is 2.35. The van der Waals surface area contributed by atoms with Gasteiger partial charge in [0.2, 0.25) is 0 Å². The molecule has 0 aromatic heterocycles. The number of rotatable bonds is 9. The molecule has 0 aliphatic rings. The van der Waals surface area contributed by atoms with Gasteiger partial charge >= 0.3 is 5.97 Å². The smallest absolute Gasteiger partial charge is 0.336 e. The molecule has 0 heterocycles. The predicted octanol–water partition coefficient (Wildman–Crippen LogP) is 2.26. The lowest BCUT2D eigenvalue weighted by molar-refractivity contribution is 0.0218. The fourth-order valence-corrected chi connectivity index (χ4v) is 2.62. The van der Waals surface area contributed by atoms with Crippen LogP contribution >= 0.6 is 27.7 Å². The fraction of sp³-hybridized carbons (Fsp3) is 0.462. The van der Waals surface area contributed by atoms with Crippen molar-refractivity contribution in [1.82, 2.24) is 0 Å². The molecule has 7 heteroatoms. The number of hydrogen-bond donors (Lipinski definition) is 2. The van der Waals surface area contributed by atoms with Gasteiger partial charge in [0, 0.05) is 22.2 Å².